The molecule has 1 aliphatic rings. The van der Waals surface area contributed by atoms with Crippen LogP contribution >= 0.6 is 34.7 Å². The number of rotatable bonds is 11. The molecule has 3 atom stereocenters. The van der Waals surface area contributed by atoms with Gasteiger partial charge in [0.25, 0.3) is 0 Å². The third kappa shape index (κ3) is 7.11. The highest BCUT2D eigenvalue weighted by atomic mass is 35.5. The number of piperidine rings is 1. The fraction of sp³-hybridized carbons (Fsp3) is 0.462. The van der Waals surface area contributed by atoms with Crippen LogP contribution < -0.4 is 4.74 Å². The summed E-state index contributed by atoms with van der Waals surface area (Å²) in [5.74, 6) is 1.30. The highest BCUT2D eigenvalue weighted by Gasteiger charge is 2.31. The monoisotopic (exact) mass is 534 g/mol. The normalized spacial score (nSPS) is 19.6. The maximum absolute atomic E-state index is 11.6. The summed E-state index contributed by atoms with van der Waals surface area (Å²) in [6.45, 7) is 2.67. The highest BCUT2D eigenvalue weighted by Crippen LogP contribution is 2.35. The van der Waals surface area contributed by atoms with Gasteiger partial charge < -0.3 is 19.8 Å². The molecule has 0 bridgehead atoms. The van der Waals surface area contributed by atoms with E-state index in [9.17, 15) is 15.0 Å². The number of thioether (sulfide) groups is 1. The number of hydrogen-bond donors (Lipinski definition) is 2. The number of aromatic nitrogens is 1. The van der Waals surface area contributed by atoms with Gasteiger partial charge >= 0.3 is 5.97 Å². The molecular formula is C26H31ClN2O4S2. The lowest BCUT2D eigenvalue weighted by atomic mass is 9.79. The van der Waals surface area contributed by atoms with Crippen molar-refractivity contribution in [3.05, 3.63) is 52.5 Å². The van der Waals surface area contributed by atoms with E-state index in [0.29, 0.717) is 6.42 Å². The molecule has 1 fully saturated rings. The van der Waals surface area contributed by atoms with E-state index in [1.165, 1.54) is 4.21 Å². The summed E-state index contributed by atoms with van der Waals surface area (Å²) in [6.07, 6.45) is 3.59. The topological polar surface area (TPSA) is 82.9 Å². The zero-order valence-electron chi connectivity index (χ0n) is 19.7. The Morgan fingerprint density at radius 1 is 1.31 bits per heavy atom. The molecule has 2 aromatic heterocycles. The molecule has 1 aromatic carbocycles. The van der Waals surface area contributed by atoms with Crippen molar-refractivity contribution in [2.24, 2.45) is 11.8 Å². The van der Waals surface area contributed by atoms with Crippen LogP contribution in [0, 0.1) is 11.8 Å². The number of aliphatic hydroxyl groups is 1. The van der Waals surface area contributed by atoms with Gasteiger partial charge in [0.2, 0.25) is 0 Å². The summed E-state index contributed by atoms with van der Waals surface area (Å²) in [7, 11) is 1.62. The minimum absolute atomic E-state index is 0.0870. The van der Waals surface area contributed by atoms with Crippen molar-refractivity contribution in [2.45, 2.75) is 36.0 Å². The van der Waals surface area contributed by atoms with E-state index in [0.717, 1.165) is 64.8 Å². The van der Waals surface area contributed by atoms with Crippen LogP contribution in [0.4, 0.5) is 0 Å². The van der Waals surface area contributed by atoms with Gasteiger partial charge in [-0.2, -0.15) is 0 Å². The van der Waals surface area contributed by atoms with Crippen LogP contribution in [0.2, 0.25) is 4.34 Å². The van der Waals surface area contributed by atoms with Crippen molar-refractivity contribution in [2.75, 3.05) is 32.5 Å². The predicted octanol–water partition coefficient (Wildman–Crippen LogP) is 5.98. The molecule has 1 unspecified atom stereocenters. The molecule has 0 saturated carbocycles. The van der Waals surface area contributed by atoms with E-state index in [4.69, 9.17) is 16.3 Å². The van der Waals surface area contributed by atoms with Crippen molar-refractivity contribution in [3.63, 3.8) is 0 Å². The number of fused-ring (bicyclic) bond motifs is 1. The van der Waals surface area contributed by atoms with Crippen LogP contribution in [-0.4, -0.2) is 58.6 Å². The lowest BCUT2D eigenvalue weighted by Crippen LogP contribution is -2.42. The Kier molecular flexibility index (Phi) is 9.30. The number of likely N-dealkylation sites (tertiary alicyclic amines) is 1. The highest BCUT2D eigenvalue weighted by molar-refractivity contribution is 8.01. The summed E-state index contributed by atoms with van der Waals surface area (Å²) in [5.41, 5.74) is 1.66. The molecule has 1 saturated heterocycles. The minimum atomic E-state index is -0.753. The standard InChI is InChI=1S/C26H31ClN2O4S2/c1-33-19-3-4-22-21(15-19)20(8-10-28-22)23(30)5-2-17-9-11-29(16-18(17)14-25(31)32)12-13-34-26-7-6-24(27)35-26/h3-4,6-8,10,15,17-18,23,30H,2,5,9,11-14,16H2,1H3,(H,31,32)/t17-,18+,23?/m1/s1. The van der Waals surface area contributed by atoms with E-state index >= 15 is 0 Å². The largest absolute Gasteiger partial charge is 0.497 e. The van der Waals surface area contributed by atoms with Gasteiger partial charge in [-0.25, -0.2) is 0 Å². The summed E-state index contributed by atoms with van der Waals surface area (Å²) in [4.78, 5) is 18.4. The Hall–Kier alpha value is -1.84. The van der Waals surface area contributed by atoms with Crippen LogP contribution in [0.1, 0.15) is 37.4 Å². The van der Waals surface area contributed by atoms with Crippen LogP contribution in [0.15, 0.2) is 46.8 Å². The number of nitrogens with zero attached hydrogens (tertiary/aromatic N) is 2. The molecule has 188 valence electrons. The Labute approximate surface area is 219 Å². The summed E-state index contributed by atoms with van der Waals surface area (Å²) in [5, 5.41) is 21.5. The molecule has 9 heteroatoms. The third-order valence-electron chi connectivity index (χ3n) is 6.77. The van der Waals surface area contributed by atoms with Crippen molar-refractivity contribution in [1.29, 1.82) is 0 Å². The number of halogens is 1. The number of carboxylic acid groups (broad SMARTS) is 1. The molecule has 35 heavy (non-hydrogen) atoms. The van der Waals surface area contributed by atoms with Gasteiger partial charge in [-0.05, 0) is 79.6 Å². The van der Waals surface area contributed by atoms with E-state index in [1.54, 1.807) is 36.4 Å². The molecule has 3 aromatic rings. The van der Waals surface area contributed by atoms with E-state index in [-0.39, 0.29) is 18.3 Å². The molecular weight excluding hydrogens is 504 g/mol. The third-order valence-corrected chi connectivity index (χ3v) is 9.20. The molecule has 3 heterocycles. The van der Waals surface area contributed by atoms with Gasteiger partial charge in [-0.3, -0.25) is 9.78 Å². The molecule has 4 rings (SSSR count). The fourth-order valence-corrected chi connectivity index (χ4v) is 7.32. The first-order chi connectivity index (χ1) is 16.9. The Morgan fingerprint density at radius 2 is 2.17 bits per heavy atom. The first-order valence-electron chi connectivity index (χ1n) is 11.9. The quantitative estimate of drug-likeness (QED) is 0.293. The Morgan fingerprint density at radius 3 is 2.91 bits per heavy atom. The lowest BCUT2D eigenvalue weighted by molar-refractivity contribution is -0.139. The van der Waals surface area contributed by atoms with Gasteiger partial charge in [0.05, 0.1) is 27.3 Å². The SMILES string of the molecule is COc1ccc2nccc(C(O)CC[C@@H]3CCN(CCSc4ccc(Cl)s4)C[C@@H]3CC(=O)O)c2c1. The summed E-state index contributed by atoms with van der Waals surface area (Å²) in [6, 6.07) is 11.5. The molecule has 0 aliphatic carbocycles. The second-order valence-corrected chi connectivity index (χ2v) is 12.1. The molecule has 0 radical (unpaired) electrons. The van der Waals surface area contributed by atoms with E-state index in [1.807, 2.05) is 36.4 Å². The van der Waals surface area contributed by atoms with Crippen molar-refractivity contribution >= 4 is 51.6 Å². The average Bonchev–Trinajstić information content (AvgIpc) is 3.27. The van der Waals surface area contributed by atoms with E-state index in [2.05, 4.69) is 9.88 Å². The number of carbonyl (C=O) groups is 1. The van der Waals surface area contributed by atoms with Gasteiger partial charge in [0, 0.05) is 36.8 Å². The van der Waals surface area contributed by atoms with Crippen molar-refractivity contribution in [1.82, 2.24) is 9.88 Å². The van der Waals surface area contributed by atoms with Gasteiger partial charge in [0.1, 0.15) is 5.75 Å². The maximum atomic E-state index is 11.6. The number of aliphatic hydroxyl groups excluding tert-OH is 1. The second kappa shape index (κ2) is 12.4. The maximum Gasteiger partial charge on any atom is 0.303 e. The first kappa shape index (κ1) is 26.2. The Bertz CT molecular complexity index is 1140. The molecule has 1 aliphatic heterocycles. The van der Waals surface area contributed by atoms with Crippen molar-refractivity contribution < 1.29 is 19.7 Å². The number of thiophene rings is 1. The number of carboxylic acids is 1. The zero-order valence-corrected chi connectivity index (χ0v) is 22.1. The number of methoxy groups -OCH3 is 1. The second-order valence-electron chi connectivity index (χ2n) is 8.99. The fourth-order valence-electron chi connectivity index (χ4n) is 4.94. The number of aliphatic carboxylic acids is 1. The first-order valence-corrected chi connectivity index (χ1v) is 14.0. The number of ether oxygens (including phenoxy) is 1. The number of hydrogen-bond acceptors (Lipinski definition) is 7. The zero-order chi connectivity index (χ0) is 24.8. The summed E-state index contributed by atoms with van der Waals surface area (Å²) >= 11 is 9.40. The minimum Gasteiger partial charge on any atom is -0.497 e. The van der Waals surface area contributed by atoms with Crippen LogP contribution in [0.25, 0.3) is 10.9 Å². The van der Waals surface area contributed by atoms with E-state index < -0.39 is 12.1 Å². The number of benzene rings is 1. The predicted molar refractivity (Wildman–Crippen MR) is 143 cm³/mol. The average molecular weight is 535 g/mol. The smallest absolute Gasteiger partial charge is 0.303 e. The molecule has 0 amide bonds. The summed E-state index contributed by atoms with van der Waals surface area (Å²) < 4.78 is 7.36. The van der Waals surface area contributed by atoms with Gasteiger partial charge in [0.15, 0.2) is 0 Å². The Balaban J connectivity index is 1.35. The van der Waals surface area contributed by atoms with Crippen LogP contribution in [0.5, 0.6) is 5.75 Å². The molecule has 0 spiro atoms. The van der Waals surface area contributed by atoms with Crippen molar-refractivity contribution in [3.8, 4) is 5.75 Å². The lowest BCUT2D eigenvalue weighted by Gasteiger charge is -2.38. The molecule has 6 nitrogen and oxygen atoms in total. The van der Waals surface area contributed by atoms with Gasteiger partial charge in [-0.15, -0.1) is 23.1 Å². The van der Waals surface area contributed by atoms with Crippen LogP contribution in [-0.2, 0) is 4.79 Å². The molecule has 2 N–H and O–H groups in total. The number of pyridine rings is 1. The van der Waals surface area contributed by atoms with Gasteiger partial charge in [-0.1, -0.05) is 11.6 Å². The van der Waals surface area contributed by atoms with Crippen LogP contribution in [0.3, 0.4) is 0 Å².